The van der Waals surface area contributed by atoms with Crippen molar-refractivity contribution in [2.24, 2.45) is 21.9 Å². The minimum atomic E-state index is -0.00654. The number of hydrogen-bond donors (Lipinski definition) is 4. The number of isothiocyanates is 2. The number of hydrazone groups is 2. The van der Waals surface area contributed by atoms with E-state index in [0.29, 0.717) is 0 Å². The zero-order valence-electron chi connectivity index (χ0n) is 16.9. The molecule has 0 aromatic carbocycles. The average Bonchev–Trinajstić information content (AvgIpc) is 2.52. The number of hydrogen-bond acceptors (Lipinski definition) is 8. The molecule has 0 radical (unpaired) electrons. The summed E-state index contributed by atoms with van der Waals surface area (Å²) in [5.41, 5.74) is 1.89. The van der Waals surface area contributed by atoms with Crippen molar-refractivity contribution in [2.45, 2.75) is 65.5 Å². The molecule has 0 saturated carbocycles. The van der Waals surface area contributed by atoms with Gasteiger partial charge >= 0.3 is 0 Å². The van der Waals surface area contributed by atoms with Crippen LogP contribution in [0.5, 0.6) is 0 Å². The normalized spacial score (nSPS) is 11.5. The largest absolute Gasteiger partial charge is 0.753 e. The maximum Gasteiger partial charge on any atom is 0.0363 e. The van der Waals surface area contributed by atoms with E-state index in [-0.39, 0.29) is 27.6 Å². The molecule has 0 heterocycles. The predicted molar refractivity (Wildman–Crippen MR) is 120 cm³/mol. The second-order valence-electron chi connectivity index (χ2n) is 6.89. The molecule has 8 nitrogen and oxygen atoms in total. The van der Waals surface area contributed by atoms with Gasteiger partial charge in [0.2, 0.25) is 0 Å². The van der Waals surface area contributed by atoms with Gasteiger partial charge < -0.3 is 33.1 Å². The van der Waals surface area contributed by atoms with Crippen LogP contribution in [0.25, 0.3) is 10.8 Å². The topological polar surface area (TPSA) is 145 Å². The van der Waals surface area contributed by atoms with Crippen LogP contribution < -0.4 is 22.3 Å². The molecule has 0 atom stereocenters. The molecule has 160 valence electrons. The van der Waals surface area contributed by atoms with Crippen LogP contribution >= 0.6 is 24.4 Å². The van der Waals surface area contributed by atoms with Crippen LogP contribution in [-0.4, -0.2) is 45.9 Å². The van der Waals surface area contributed by atoms with E-state index in [1.807, 2.05) is 13.8 Å². The molecule has 6 N–H and O–H groups in total. The summed E-state index contributed by atoms with van der Waals surface area (Å²) in [6.45, 7) is 14.3. The van der Waals surface area contributed by atoms with Gasteiger partial charge in [0.15, 0.2) is 0 Å². The van der Waals surface area contributed by atoms with Crippen molar-refractivity contribution in [3.8, 4) is 0 Å². The van der Waals surface area contributed by atoms with Crippen molar-refractivity contribution in [1.29, 1.82) is 0 Å². The van der Waals surface area contributed by atoms with Crippen LogP contribution in [0.3, 0.4) is 0 Å². The molecular formula is C16H32N8NiS2-2. The van der Waals surface area contributed by atoms with Crippen LogP contribution in [0.15, 0.2) is 10.2 Å². The van der Waals surface area contributed by atoms with Gasteiger partial charge in [-0.1, -0.05) is 24.4 Å². The van der Waals surface area contributed by atoms with Gasteiger partial charge in [-0.05, 0) is 41.5 Å². The summed E-state index contributed by atoms with van der Waals surface area (Å²) < 4.78 is 0. The Bertz CT molecular complexity index is 461. The van der Waals surface area contributed by atoms with E-state index in [1.54, 1.807) is 0 Å². The summed E-state index contributed by atoms with van der Waals surface area (Å²) in [4.78, 5) is 0. The molecule has 0 aliphatic rings. The number of nitrogens with two attached hydrogens (primary N) is 2. The fourth-order valence-electron chi connectivity index (χ4n) is 2.30. The average molecular weight is 459 g/mol. The minimum Gasteiger partial charge on any atom is -0.753 e. The minimum absolute atomic E-state index is 0. The molecule has 0 rings (SSSR count). The Morgan fingerprint density at radius 3 is 1.26 bits per heavy atom. The van der Waals surface area contributed by atoms with E-state index in [4.69, 9.17) is 22.5 Å². The second-order valence-corrected chi connectivity index (χ2v) is 7.25. The molecule has 0 aliphatic heterocycles. The monoisotopic (exact) mass is 458 g/mol. The van der Waals surface area contributed by atoms with E-state index in [0.717, 1.165) is 37.4 Å². The molecule has 0 aromatic rings. The van der Waals surface area contributed by atoms with Crippen LogP contribution in [0.4, 0.5) is 0 Å². The van der Waals surface area contributed by atoms with Crippen molar-refractivity contribution in [3.05, 3.63) is 10.8 Å². The standard InChI is InChI=1S/C14H32N6.2CNS.Ni/c1-11(19-15)9-13(3,4)17-7-8-18-14(5,6)10-12(2)20-16;2*2-1-3;/h17-18H,7-10,15-16H2,1-6H3;;;/q;2*-1;. The molecule has 11 heteroatoms. The first-order valence-electron chi connectivity index (χ1n) is 7.94. The van der Waals surface area contributed by atoms with Crippen molar-refractivity contribution in [3.63, 3.8) is 0 Å². The van der Waals surface area contributed by atoms with Gasteiger partial charge in [0, 0.05) is 64.9 Å². The third-order valence-electron chi connectivity index (χ3n) is 3.17. The summed E-state index contributed by atoms with van der Waals surface area (Å²) in [5.74, 6) is 10.6. The van der Waals surface area contributed by atoms with Crippen LogP contribution in [0, 0.1) is 0 Å². The van der Waals surface area contributed by atoms with Crippen molar-refractivity contribution in [2.75, 3.05) is 13.1 Å². The predicted octanol–water partition coefficient (Wildman–Crippen LogP) is 2.49. The van der Waals surface area contributed by atoms with Gasteiger partial charge in [-0.15, -0.1) is 0 Å². The summed E-state index contributed by atoms with van der Waals surface area (Å²) in [6, 6.07) is 0. The van der Waals surface area contributed by atoms with Crippen molar-refractivity contribution in [1.82, 2.24) is 10.6 Å². The first-order chi connectivity index (χ1) is 11.9. The maximum atomic E-state index is 7.13. The van der Waals surface area contributed by atoms with Crippen LogP contribution in [-0.2, 0) is 16.5 Å². The Labute approximate surface area is 184 Å². The third-order valence-corrected chi connectivity index (χ3v) is 3.17. The first-order valence-corrected chi connectivity index (χ1v) is 8.76. The van der Waals surface area contributed by atoms with Gasteiger partial charge in [-0.3, -0.25) is 0 Å². The van der Waals surface area contributed by atoms with E-state index >= 15 is 0 Å². The second kappa shape index (κ2) is 19.7. The maximum absolute atomic E-state index is 7.13. The number of rotatable bonds is 9. The summed E-state index contributed by atoms with van der Waals surface area (Å²) in [5, 5.41) is 31.4. The fourth-order valence-corrected chi connectivity index (χ4v) is 2.30. The SMILES string of the molecule is CC(CC(C)(C)NCCNC(C)(C)CC(C)=NN)=NN.[N-]=C=S.[N-]=C=S.[Ni]. The first kappa shape index (κ1) is 33.5. The molecule has 0 aromatic heterocycles. The molecule has 0 amide bonds. The molecule has 0 fully saturated rings. The van der Waals surface area contributed by atoms with Gasteiger partial charge in [0.05, 0.1) is 0 Å². The van der Waals surface area contributed by atoms with Gasteiger partial charge in [-0.25, -0.2) is 0 Å². The Morgan fingerprint density at radius 1 is 0.852 bits per heavy atom. The zero-order valence-corrected chi connectivity index (χ0v) is 19.5. The van der Waals surface area contributed by atoms with E-state index in [1.165, 1.54) is 10.3 Å². The summed E-state index contributed by atoms with van der Waals surface area (Å²) in [7, 11) is 0. The Balaban J connectivity index is -0.000000331. The van der Waals surface area contributed by atoms with Crippen molar-refractivity contribution < 1.29 is 16.5 Å². The summed E-state index contributed by atoms with van der Waals surface area (Å²) >= 11 is 7.40. The summed E-state index contributed by atoms with van der Waals surface area (Å²) in [6.07, 6.45) is 1.68. The number of nitrogens with one attached hydrogen (secondary N) is 2. The van der Waals surface area contributed by atoms with Gasteiger partial charge in [0.25, 0.3) is 0 Å². The molecule has 0 bridgehead atoms. The third kappa shape index (κ3) is 27.3. The van der Waals surface area contributed by atoms with Crippen molar-refractivity contribution >= 4 is 46.2 Å². The number of nitrogens with zero attached hydrogens (tertiary/aromatic N) is 4. The van der Waals surface area contributed by atoms with Crippen LogP contribution in [0.2, 0.25) is 0 Å². The number of thiocarbonyl (C=S) groups is 2. The molecule has 0 spiro atoms. The van der Waals surface area contributed by atoms with E-state index in [9.17, 15) is 0 Å². The van der Waals surface area contributed by atoms with Crippen LogP contribution in [0.1, 0.15) is 54.4 Å². The van der Waals surface area contributed by atoms with Gasteiger partial charge in [-0.2, -0.15) is 20.5 Å². The Morgan fingerprint density at radius 2 is 1.07 bits per heavy atom. The molecule has 0 unspecified atom stereocenters. The van der Waals surface area contributed by atoms with E-state index in [2.05, 4.69) is 73.0 Å². The Kier molecular flexibility index (Phi) is 24.5. The molecule has 0 aliphatic carbocycles. The zero-order chi connectivity index (χ0) is 21.2. The Hall–Kier alpha value is -1.05. The molecule has 27 heavy (non-hydrogen) atoms. The van der Waals surface area contributed by atoms with Gasteiger partial charge in [0.1, 0.15) is 0 Å². The van der Waals surface area contributed by atoms with E-state index < -0.39 is 0 Å². The fraction of sp³-hybridized carbons (Fsp3) is 0.750. The molecule has 0 saturated heterocycles. The quantitative estimate of drug-likeness (QED) is 0.104. The molecular weight excluding hydrogens is 427 g/mol. The smallest absolute Gasteiger partial charge is 0.0363 e.